The lowest BCUT2D eigenvalue weighted by atomic mass is 10.1. The number of hydrogen-bond donors (Lipinski definition) is 2. The molecule has 7 heteroatoms. The quantitative estimate of drug-likeness (QED) is 0.830. The fourth-order valence-corrected chi connectivity index (χ4v) is 1.38. The molecule has 1 amide bonds. The molecule has 0 bridgehead atoms. The molecule has 1 aromatic carbocycles. The molecule has 0 saturated carbocycles. The summed E-state index contributed by atoms with van der Waals surface area (Å²) in [7, 11) is 0. The first-order valence-corrected chi connectivity index (χ1v) is 5.10. The largest absolute Gasteiger partial charge is 0.477 e. The fraction of sp³-hybridized carbons (Fsp3) is 0.167. The van der Waals surface area contributed by atoms with Crippen molar-refractivity contribution in [1.82, 2.24) is 5.32 Å². The molecule has 4 nitrogen and oxygen atoms in total. The number of hydrogen-bond acceptors (Lipinski definition) is 2. The summed E-state index contributed by atoms with van der Waals surface area (Å²) in [5.41, 5.74) is -1.93. The summed E-state index contributed by atoms with van der Waals surface area (Å²) in [6, 6.07) is 4.49. The molecule has 0 fully saturated rings. The number of alkyl halides is 3. The minimum atomic E-state index is -4.60. The van der Waals surface area contributed by atoms with Gasteiger partial charge in [-0.3, -0.25) is 4.79 Å². The summed E-state index contributed by atoms with van der Waals surface area (Å²) in [5.74, 6) is -2.20. The zero-order chi connectivity index (χ0) is 14.6. The van der Waals surface area contributed by atoms with Crippen molar-refractivity contribution in [2.75, 3.05) is 0 Å². The van der Waals surface area contributed by atoms with Crippen LogP contribution in [0.25, 0.3) is 6.08 Å². The fourth-order valence-electron chi connectivity index (χ4n) is 1.38. The van der Waals surface area contributed by atoms with E-state index in [2.05, 4.69) is 0 Å². The van der Waals surface area contributed by atoms with E-state index in [9.17, 15) is 22.8 Å². The van der Waals surface area contributed by atoms with Gasteiger partial charge in [0.1, 0.15) is 5.70 Å². The number of rotatable bonds is 3. The molecule has 0 aliphatic heterocycles. The Bertz CT molecular complexity index is 535. The number of aliphatic carboxylic acids is 1. The second-order valence-electron chi connectivity index (χ2n) is 3.63. The molecule has 0 aliphatic rings. The lowest BCUT2D eigenvalue weighted by molar-refractivity contribution is -0.138. The normalized spacial score (nSPS) is 12.1. The van der Waals surface area contributed by atoms with E-state index in [1.807, 2.05) is 5.32 Å². The van der Waals surface area contributed by atoms with Crippen LogP contribution < -0.4 is 5.32 Å². The third kappa shape index (κ3) is 4.13. The van der Waals surface area contributed by atoms with E-state index >= 15 is 0 Å². The predicted octanol–water partition coefficient (Wildman–Crippen LogP) is 2.27. The maximum Gasteiger partial charge on any atom is 0.416 e. The molecule has 0 atom stereocenters. The van der Waals surface area contributed by atoms with Gasteiger partial charge < -0.3 is 10.4 Å². The zero-order valence-corrected chi connectivity index (χ0v) is 9.78. The highest BCUT2D eigenvalue weighted by molar-refractivity contribution is 5.96. The molecule has 0 spiro atoms. The Morgan fingerprint density at radius 1 is 1.26 bits per heavy atom. The Hall–Kier alpha value is -2.31. The Morgan fingerprint density at radius 3 is 2.32 bits per heavy atom. The lowest BCUT2D eigenvalue weighted by Crippen LogP contribution is -2.24. The first-order valence-electron chi connectivity index (χ1n) is 5.10. The van der Waals surface area contributed by atoms with Gasteiger partial charge in [-0.25, -0.2) is 4.79 Å². The van der Waals surface area contributed by atoms with E-state index in [0.717, 1.165) is 25.1 Å². The maximum atomic E-state index is 12.7. The molecule has 0 radical (unpaired) electrons. The number of carboxylic acids is 1. The Kier molecular flexibility index (Phi) is 4.31. The predicted molar refractivity (Wildman–Crippen MR) is 60.9 cm³/mol. The molecule has 0 saturated heterocycles. The minimum Gasteiger partial charge on any atom is -0.477 e. The van der Waals surface area contributed by atoms with Gasteiger partial charge in [-0.1, -0.05) is 18.2 Å². The molecule has 1 aromatic rings. The lowest BCUT2D eigenvalue weighted by Gasteiger charge is -2.11. The van der Waals surface area contributed by atoms with Gasteiger partial charge in [0.25, 0.3) is 0 Å². The summed E-state index contributed by atoms with van der Waals surface area (Å²) in [6.07, 6.45) is -3.83. The van der Waals surface area contributed by atoms with Crippen LogP contribution in [0, 0.1) is 0 Å². The molecule has 2 N–H and O–H groups in total. The van der Waals surface area contributed by atoms with Gasteiger partial charge in [0.15, 0.2) is 0 Å². The van der Waals surface area contributed by atoms with Gasteiger partial charge in [-0.2, -0.15) is 13.2 Å². The summed E-state index contributed by atoms with van der Waals surface area (Å²) >= 11 is 0. The first kappa shape index (κ1) is 14.7. The third-order valence-corrected chi connectivity index (χ3v) is 2.11. The average Bonchev–Trinajstić information content (AvgIpc) is 2.26. The standard InChI is InChI=1S/C12H10F3NO3/c1-7(17)16-10(11(18)19)6-8-4-2-3-5-9(8)12(13,14)15/h2-6H,1H3,(H,16,17)(H,18,19)/b10-6-. The molecular formula is C12H10F3NO3. The highest BCUT2D eigenvalue weighted by atomic mass is 19.4. The highest BCUT2D eigenvalue weighted by Gasteiger charge is 2.32. The van der Waals surface area contributed by atoms with Crippen LogP contribution in [-0.2, 0) is 15.8 Å². The van der Waals surface area contributed by atoms with Crippen LogP contribution in [0.4, 0.5) is 13.2 Å². The third-order valence-electron chi connectivity index (χ3n) is 2.11. The van der Waals surface area contributed by atoms with Crippen molar-refractivity contribution in [3.63, 3.8) is 0 Å². The number of amides is 1. The van der Waals surface area contributed by atoms with Crippen molar-refractivity contribution < 1.29 is 27.9 Å². The van der Waals surface area contributed by atoms with Crippen molar-refractivity contribution in [3.8, 4) is 0 Å². The van der Waals surface area contributed by atoms with E-state index < -0.39 is 29.3 Å². The van der Waals surface area contributed by atoms with Gasteiger partial charge in [0.05, 0.1) is 5.56 Å². The molecule has 0 heterocycles. The SMILES string of the molecule is CC(=O)N/C(=C\c1ccccc1C(F)(F)F)C(=O)O. The van der Waals surface area contributed by atoms with Crippen molar-refractivity contribution in [2.45, 2.75) is 13.1 Å². The molecule has 0 aromatic heterocycles. The second-order valence-corrected chi connectivity index (χ2v) is 3.63. The molecule has 0 unspecified atom stereocenters. The van der Waals surface area contributed by atoms with Crippen LogP contribution in [0.3, 0.4) is 0 Å². The number of benzene rings is 1. The minimum absolute atomic E-state index is 0.332. The molecular weight excluding hydrogens is 263 g/mol. The van der Waals surface area contributed by atoms with Crippen LogP contribution in [0.5, 0.6) is 0 Å². The van der Waals surface area contributed by atoms with E-state index in [1.165, 1.54) is 12.1 Å². The van der Waals surface area contributed by atoms with E-state index in [0.29, 0.717) is 0 Å². The van der Waals surface area contributed by atoms with E-state index in [4.69, 9.17) is 5.11 Å². The number of halogens is 3. The van der Waals surface area contributed by atoms with Crippen molar-refractivity contribution in [3.05, 3.63) is 41.1 Å². The van der Waals surface area contributed by atoms with Crippen molar-refractivity contribution >= 4 is 18.0 Å². The molecule has 1 rings (SSSR count). The topological polar surface area (TPSA) is 66.4 Å². The summed E-state index contributed by atoms with van der Waals surface area (Å²) in [5, 5.41) is 10.8. The van der Waals surface area contributed by atoms with E-state index in [1.54, 1.807) is 0 Å². The number of carbonyl (C=O) groups excluding carboxylic acids is 1. The smallest absolute Gasteiger partial charge is 0.416 e. The van der Waals surface area contributed by atoms with Crippen LogP contribution in [0.2, 0.25) is 0 Å². The zero-order valence-electron chi connectivity index (χ0n) is 9.78. The Balaban J connectivity index is 3.29. The highest BCUT2D eigenvalue weighted by Crippen LogP contribution is 2.32. The summed E-state index contributed by atoms with van der Waals surface area (Å²) < 4.78 is 38.1. The number of nitrogens with one attached hydrogen (secondary N) is 1. The van der Waals surface area contributed by atoms with E-state index in [-0.39, 0.29) is 5.56 Å². The van der Waals surface area contributed by atoms with Crippen molar-refractivity contribution in [2.24, 2.45) is 0 Å². The van der Waals surface area contributed by atoms with Gasteiger partial charge in [0.2, 0.25) is 5.91 Å². The van der Waals surface area contributed by atoms with Crippen LogP contribution in [0.15, 0.2) is 30.0 Å². The number of carboxylic acid groups (broad SMARTS) is 1. The van der Waals surface area contributed by atoms with Gasteiger partial charge >= 0.3 is 12.1 Å². The van der Waals surface area contributed by atoms with Gasteiger partial charge in [-0.05, 0) is 17.7 Å². The molecule has 19 heavy (non-hydrogen) atoms. The Labute approximate surface area is 106 Å². The summed E-state index contributed by atoms with van der Waals surface area (Å²) in [6.45, 7) is 1.06. The van der Waals surface area contributed by atoms with Crippen LogP contribution in [-0.4, -0.2) is 17.0 Å². The Morgan fingerprint density at radius 2 is 1.84 bits per heavy atom. The number of carbonyl (C=O) groups is 2. The van der Waals surface area contributed by atoms with Crippen LogP contribution in [0.1, 0.15) is 18.1 Å². The van der Waals surface area contributed by atoms with Gasteiger partial charge in [-0.15, -0.1) is 0 Å². The molecule has 0 aliphatic carbocycles. The van der Waals surface area contributed by atoms with Gasteiger partial charge in [0, 0.05) is 6.92 Å². The van der Waals surface area contributed by atoms with Crippen molar-refractivity contribution in [1.29, 1.82) is 0 Å². The molecule has 102 valence electrons. The monoisotopic (exact) mass is 273 g/mol. The second kappa shape index (κ2) is 5.55. The maximum absolute atomic E-state index is 12.7. The average molecular weight is 273 g/mol. The first-order chi connectivity index (χ1) is 8.71. The van der Waals surface area contributed by atoms with Crippen LogP contribution >= 0.6 is 0 Å². The summed E-state index contributed by atoms with van der Waals surface area (Å²) in [4.78, 5) is 21.6.